The molecular weight excluding hydrogens is 320 g/mol. The summed E-state index contributed by atoms with van der Waals surface area (Å²) in [4.78, 5) is 9.27. The largest absolute Gasteiger partial charge is 0.497 e. The number of rotatable bonds is 6. The van der Waals surface area contributed by atoms with E-state index >= 15 is 0 Å². The van der Waals surface area contributed by atoms with Gasteiger partial charge in [-0.15, -0.1) is 23.1 Å². The molecule has 1 N–H and O–H groups in total. The molecule has 0 fully saturated rings. The van der Waals surface area contributed by atoms with Crippen LogP contribution >= 0.6 is 23.1 Å². The lowest BCUT2D eigenvalue weighted by molar-refractivity contribution is 0.138. The zero-order valence-electron chi connectivity index (χ0n) is 12.1. The third-order valence-electron chi connectivity index (χ3n) is 3.18. The Hall–Kier alpha value is -1.57. The van der Waals surface area contributed by atoms with Crippen LogP contribution < -0.4 is 4.74 Å². The number of thiazole rings is 1. The summed E-state index contributed by atoms with van der Waals surface area (Å²) in [6.07, 6.45) is 0. The normalized spacial score (nSPS) is 17.5. The molecule has 116 valence electrons. The monoisotopic (exact) mass is 336 g/mol. The number of aliphatic hydroxyl groups is 1. The molecule has 2 heterocycles. The summed E-state index contributed by atoms with van der Waals surface area (Å²) < 4.78 is 11.7. The van der Waals surface area contributed by atoms with Crippen molar-refractivity contribution in [1.82, 2.24) is 4.98 Å². The van der Waals surface area contributed by atoms with Crippen LogP contribution in [-0.2, 0) is 4.74 Å². The van der Waals surface area contributed by atoms with Gasteiger partial charge < -0.3 is 14.6 Å². The summed E-state index contributed by atoms with van der Waals surface area (Å²) in [6.45, 7) is 4.12. The van der Waals surface area contributed by atoms with Crippen LogP contribution in [0.4, 0.5) is 0 Å². The van der Waals surface area contributed by atoms with E-state index in [1.165, 1.54) is 0 Å². The summed E-state index contributed by atoms with van der Waals surface area (Å²) in [7, 11) is 1.66. The maximum absolute atomic E-state index is 8.79. The van der Waals surface area contributed by atoms with E-state index in [9.17, 15) is 0 Å². The number of benzene rings is 1. The van der Waals surface area contributed by atoms with Gasteiger partial charge in [0.1, 0.15) is 34.2 Å². The van der Waals surface area contributed by atoms with Crippen LogP contribution in [0.2, 0.25) is 0 Å². The fourth-order valence-electron chi connectivity index (χ4n) is 2.05. The van der Waals surface area contributed by atoms with Crippen molar-refractivity contribution in [2.24, 2.45) is 4.99 Å². The van der Waals surface area contributed by atoms with Crippen molar-refractivity contribution in [3.63, 3.8) is 0 Å². The van der Waals surface area contributed by atoms with Crippen molar-refractivity contribution in [3.05, 3.63) is 35.5 Å². The number of nitrogens with zero attached hydrogens (tertiary/aromatic N) is 2. The molecule has 2 aromatic rings. The molecule has 1 aliphatic rings. The van der Waals surface area contributed by atoms with Crippen molar-refractivity contribution in [2.75, 3.05) is 26.1 Å². The minimum absolute atomic E-state index is 0.0187. The van der Waals surface area contributed by atoms with Gasteiger partial charge in [-0.1, -0.05) is 6.58 Å². The van der Waals surface area contributed by atoms with Gasteiger partial charge in [-0.05, 0) is 18.2 Å². The van der Waals surface area contributed by atoms with Crippen LogP contribution in [0.25, 0.3) is 10.2 Å². The second-order valence-electron chi connectivity index (χ2n) is 4.65. The second-order valence-corrected chi connectivity index (χ2v) is 6.69. The Morgan fingerprint density at radius 3 is 3.14 bits per heavy atom. The summed E-state index contributed by atoms with van der Waals surface area (Å²) in [5.74, 6) is 2.21. The molecule has 7 heteroatoms. The highest BCUT2D eigenvalue weighted by Gasteiger charge is 2.24. The maximum Gasteiger partial charge on any atom is 0.149 e. The van der Waals surface area contributed by atoms with E-state index in [1.54, 1.807) is 30.2 Å². The standard InChI is InChI=1S/C15H16N2O3S2/c1-9(20-6-5-18)12-8-21-14(17-12)15-16-11-4-3-10(19-2)7-13(11)22-15/h3-4,7,12,18H,1,5-6,8H2,2H3/t12-/m1/s1. The molecule has 0 radical (unpaired) electrons. The molecule has 1 aromatic heterocycles. The average Bonchev–Trinajstić information content (AvgIpc) is 3.17. The first-order valence-electron chi connectivity index (χ1n) is 6.79. The first-order valence-corrected chi connectivity index (χ1v) is 8.59. The predicted molar refractivity (Wildman–Crippen MR) is 91.1 cm³/mol. The summed E-state index contributed by atoms with van der Waals surface area (Å²) in [5.41, 5.74) is 0.947. The van der Waals surface area contributed by atoms with Crippen LogP contribution in [0.15, 0.2) is 35.5 Å². The molecule has 5 nitrogen and oxygen atoms in total. The SMILES string of the molecule is C=C(OCCO)[C@H]1CSC(c2nc3ccc(OC)cc3s2)=N1. The maximum atomic E-state index is 8.79. The smallest absolute Gasteiger partial charge is 0.149 e. The Balaban J connectivity index is 1.80. The molecule has 0 spiro atoms. The number of aliphatic imine (C=N–C) groups is 1. The fourth-order valence-corrected chi connectivity index (χ4v) is 4.19. The van der Waals surface area contributed by atoms with Gasteiger partial charge in [-0.3, -0.25) is 4.99 Å². The minimum atomic E-state index is -0.0758. The van der Waals surface area contributed by atoms with Gasteiger partial charge in [-0.25, -0.2) is 4.98 Å². The number of hydrogen-bond acceptors (Lipinski definition) is 7. The molecule has 1 atom stereocenters. The van der Waals surface area contributed by atoms with E-state index in [2.05, 4.69) is 16.6 Å². The van der Waals surface area contributed by atoms with E-state index in [4.69, 9.17) is 14.6 Å². The first-order chi connectivity index (χ1) is 10.7. The predicted octanol–water partition coefficient (Wildman–Crippen LogP) is 2.69. The van der Waals surface area contributed by atoms with Gasteiger partial charge >= 0.3 is 0 Å². The second kappa shape index (κ2) is 6.68. The Bertz CT molecular complexity index is 727. The lowest BCUT2D eigenvalue weighted by Gasteiger charge is -2.10. The fraction of sp³-hybridized carbons (Fsp3) is 0.333. The van der Waals surface area contributed by atoms with Gasteiger partial charge in [0, 0.05) is 5.75 Å². The van der Waals surface area contributed by atoms with Gasteiger partial charge in [0.2, 0.25) is 0 Å². The van der Waals surface area contributed by atoms with E-state index in [0.717, 1.165) is 31.8 Å². The van der Waals surface area contributed by atoms with Gasteiger partial charge in [0.15, 0.2) is 0 Å². The highest BCUT2D eigenvalue weighted by molar-refractivity contribution is 8.15. The Labute approximate surface area is 136 Å². The molecule has 22 heavy (non-hydrogen) atoms. The zero-order chi connectivity index (χ0) is 15.5. The van der Waals surface area contributed by atoms with Crippen molar-refractivity contribution >= 4 is 38.4 Å². The Morgan fingerprint density at radius 2 is 2.36 bits per heavy atom. The lowest BCUT2D eigenvalue weighted by Crippen LogP contribution is -2.12. The van der Waals surface area contributed by atoms with Crippen molar-refractivity contribution < 1.29 is 14.6 Å². The van der Waals surface area contributed by atoms with Crippen molar-refractivity contribution in [3.8, 4) is 5.75 Å². The number of aliphatic hydroxyl groups excluding tert-OH is 1. The van der Waals surface area contributed by atoms with E-state index in [0.29, 0.717) is 5.76 Å². The number of hydrogen-bond donors (Lipinski definition) is 1. The lowest BCUT2D eigenvalue weighted by atomic mass is 10.3. The first kappa shape index (κ1) is 15.3. The van der Waals surface area contributed by atoms with Gasteiger partial charge in [0.05, 0.1) is 23.9 Å². The minimum Gasteiger partial charge on any atom is -0.497 e. The number of methoxy groups -OCH3 is 1. The molecule has 3 rings (SSSR count). The van der Waals surface area contributed by atoms with Crippen molar-refractivity contribution in [1.29, 1.82) is 0 Å². The van der Waals surface area contributed by atoms with E-state index < -0.39 is 0 Å². The summed E-state index contributed by atoms with van der Waals surface area (Å²) >= 11 is 3.26. The van der Waals surface area contributed by atoms with Crippen LogP contribution in [0, 0.1) is 0 Å². The van der Waals surface area contributed by atoms with Gasteiger partial charge in [0.25, 0.3) is 0 Å². The summed E-state index contributed by atoms with van der Waals surface area (Å²) in [6, 6.07) is 5.77. The number of aromatic nitrogens is 1. The highest BCUT2D eigenvalue weighted by Crippen LogP contribution is 2.32. The Kier molecular flexibility index (Phi) is 4.66. The van der Waals surface area contributed by atoms with Crippen LogP contribution in [-0.4, -0.2) is 47.3 Å². The van der Waals surface area contributed by atoms with E-state index in [-0.39, 0.29) is 19.3 Å². The zero-order valence-corrected chi connectivity index (χ0v) is 13.7. The molecule has 0 amide bonds. The molecule has 0 saturated carbocycles. The summed E-state index contributed by atoms with van der Waals surface area (Å²) in [5, 5.41) is 10.6. The molecule has 1 aromatic carbocycles. The van der Waals surface area contributed by atoms with Crippen molar-refractivity contribution in [2.45, 2.75) is 6.04 Å². The molecule has 0 unspecified atom stereocenters. The molecule has 0 bridgehead atoms. The highest BCUT2D eigenvalue weighted by atomic mass is 32.2. The molecule has 0 aliphatic carbocycles. The Morgan fingerprint density at radius 1 is 1.50 bits per heavy atom. The van der Waals surface area contributed by atoms with Crippen LogP contribution in [0.5, 0.6) is 5.75 Å². The third kappa shape index (κ3) is 3.11. The number of ether oxygens (including phenoxy) is 2. The van der Waals surface area contributed by atoms with Crippen LogP contribution in [0.1, 0.15) is 5.01 Å². The van der Waals surface area contributed by atoms with E-state index in [1.807, 2.05) is 18.2 Å². The average molecular weight is 336 g/mol. The quantitative estimate of drug-likeness (QED) is 0.822. The van der Waals surface area contributed by atoms with Gasteiger partial charge in [-0.2, -0.15) is 0 Å². The molecule has 0 saturated heterocycles. The number of thioether (sulfide) groups is 1. The third-order valence-corrected chi connectivity index (χ3v) is 5.39. The van der Waals surface area contributed by atoms with Crippen LogP contribution in [0.3, 0.4) is 0 Å². The number of fused-ring (bicyclic) bond motifs is 1. The molecular formula is C15H16N2O3S2. The molecule has 1 aliphatic heterocycles. The topological polar surface area (TPSA) is 63.9 Å².